The van der Waals surface area contributed by atoms with Gasteiger partial charge in [0.15, 0.2) is 0 Å². The van der Waals surface area contributed by atoms with Crippen LogP contribution in [0.15, 0.2) is 0 Å². The second-order valence-corrected chi connectivity index (χ2v) is 6.15. The van der Waals surface area contributed by atoms with Gasteiger partial charge in [0.2, 0.25) is 11.8 Å². The quantitative estimate of drug-likeness (QED) is 0.784. The number of nitrogens with zero attached hydrogens (tertiary/aromatic N) is 1. The number of rotatable bonds is 5. The molecule has 2 fully saturated rings. The van der Waals surface area contributed by atoms with Crippen LogP contribution in [0.25, 0.3) is 0 Å². The standard InChI is InChI=1S/C15H23NO4/c1-2-6-11(13(18)19)10-16-12(17)9-15(14(16)20)7-4-3-5-8-15/h11H,2-10H2,1H3,(H,18,19). The molecule has 1 spiro atoms. The molecule has 2 amide bonds. The fourth-order valence-electron chi connectivity index (χ4n) is 3.53. The molecule has 1 aliphatic carbocycles. The summed E-state index contributed by atoms with van der Waals surface area (Å²) in [4.78, 5) is 37.1. The summed E-state index contributed by atoms with van der Waals surface area (Å²) in [5.41, 5.74) is -0.509. The second-order valence-electron chi connectivity index (χ2n) is 6.15. The number of carboxylic acid groups (broad SMARTS) is 1. The van der Waals surface area contributed by atoms with E-state index in [1.807, 2.05) is 6.92 Å². The predicted molar refractivity (Wildman–Crippen MR) is 72.9 cm³/mol. The maximum atomic E-state index is 12.6. The number of imide groups is 1. The van der Waals surface area contributed by atoms with Crippen molar-refractivity contribution < 1.29 is 19.5 Å². The summed E-state index contributed by atoms with van der Waals surface area (Å²) in [6.45, 7) is 1.95. The molecule has 1 atom stereocenters. The fraction of sp³-hybridized carbons (Fsp3) is 0.800. The van der Waals surface area contributed by atoms with Crippen LogP contribution in [0.5, 0.6) is 0 Å². The summed E-state index contributed by atoms with van der Waals surface area (Å²) in [7, 11) is 0. The van der Waals surface area contributed by atoms with E-state index in [-0.39, 0.29) is 24.8 Å². The van der Waals surface area contributed by atoms with Crippen LogP contribution in [0, 0.1) is 11.3 Å². The molecule has 0 aromatic heterocycles. The number of carbonyl (C=O) groups excluding carboxylic acids is 2. The van der Waals surface area contributed by atoms with Gasteiger partial charge in [-0.15, -0.1) is 0 Å². The van der Waals surface area contributed by atoms with Gasteiger partial charge in [-0.1, -0.05) is 32.6 Å². The zero-order valence-corrected chi connectivity index (χ0v) is 12.1. The van der Waals surface area contributed by atoms with E-state index in [1.54, 1.807) is 0 Å². The molecule has 0 aromatic carbocycles. The van der Waals surface area contributed by atoms with Crippen molar-refractivity contribution in [3.63, 3.8) is 0 Å². The van der Waals surface area contributed by atoms with Crippen LogP contribution in [-0.2, 0) is 14.4 Å². The SMILES string of the molecule is CCCC(CN1C(=O)CC2(CCCCC2)C1=O)C(=O)O. The van der Waals surface area contributed by atoms with Gasteiger partial charge in [-0.05, 0) is 19.3 Å². The van der Waals surface area contributed by atoms with Gasteiger partial charge in [-0.25, -0.2) is 0 Å². The monoisotopic (exact) mass is 281 g/mol. The Morgan fingerprint density at radius 1 is 1.30 bits per heavy atom. The summed E-state index contributed by atoms with van der Waals surface area (Å²) >= 11 is 0. The van der Waals surface area contributed by atoms with Crippen LogP contribution in [0.4, 0.5) is 0 Å². The molecule has 1 N–H and O–H groups in total. The summed E-state index contributed by atoms with van der Waals surface area (Å²) in [5.74, 6) is -1.85. The van der Waals surface area contributed by atoms with E-state index >= 15 is 0 Å². The number of likely N-dealkylation sites (tertiary alicyclic amines) is 1. The minimum atomic E-state index is -0.919. The number of hydrogen-bond donors (Lipinski definition) is 1. The van der Waals surface area contributed by atoms with Gasteiger partial charge in [0.25, 0.3) is 0 Å². The highest BCUT2D eigenvalue weighted by Gasteiger charge is 2.51. The number of aliphatic carboxylic acids is 1. The van der Waals surface area contributed by atoms with E-state index in [4.69, 9.17) is 0 Å². The maximum Gasteiger partial charge on any atom is 0.308 e. The predicted octanol–water partition coefficient (Wildman–Crippen LogP) is 2.20. The lowest BCUT2D eigenvalue weighted by atomic mass is 9.73. The van der Waals surface area contributed by atoms with E-state index in [1.165, 1.54) is 4.90 Å². The third kappa shape index (κ3) is 2.72. The highest BCUT2D eigenvalue weighted by molar-refractivity contribution is 6.06. The molecular formula is C15H23NO4. The molecule has 1 unspecified atom stereocenters. The molecule has 1 saturated carbocycles. The molecule has 1 saturated heterocycles. The molecule has 2 rings (SSSR count). The molecule has 112 valence electrons. The Balaban J connectivity index is 2.10. The average molecular weight is 281 g/mol. The van der Waals surface area contributed by atoms with Crippen LogP contribution in [0.2, 0.25) is 0 Å². The van der Waals surface area contributed by atoms with E-state index in [0.29, 0.717) is 6.42 Å². The van der Waals surface area contributed by atoms with Gasteiger partial charge < -0.3 is 5.11 Å². The van der Waals surface area contributed by atoms with Crippen LogP contribution in [-0.4, -0.2) is 34.3 Å². The van der Waals surface area contributed by atoms with E-state index < -0.39 is 17.3 Å². The molecule has 0 bridgehead atoms. The molecule has 1 aliphatic heterocycles. The smallest absolute Gasteiger partial charge is 0.308 e. The van der Waals surface area contributed by atoms with Gasteiger partial charge in [0.1, 0.15) is 0 Å². The first kappa shape index (κ1) is 15.0. The highest BCUT2D eigenvalue weighted by atomic mass is 16.4. The topological polar surface area (TPSA) is 74.7 Å². The van der Waals surface area contributed by atoms with E-state index in [2.05, 4.69) is 0 Å². The van der Waals surface area contributed by atoms with Crippen molar-refractivity contribution in [3.8, 4) is 0 Å². The normalized spacial score (nSPS) is 23.4. The van der Waals surface area contributed by atoms with Crippen molar-refractivity contribution in [1.29, 1.82) is 0 Å². The number of hydrogen-bond acceptors (Lipinski definition) is 3. The minimum Gasteiger partial charge on any atom is -0.481 e. The molecule has 1 heterocycles. The zero-order chi connectivity index (χ0) is 14.8. The molecule has 0 aromatic rings. The largest absolute Gasteiger partial charge is 0.481 e. The first-order chi connectivity index (χ1) is 9.50. The van der Waals surface area contributed by atoms with Crippen LogP contribution in [0.3, 0.4) is 0 Å². The Hall–Kier alpha value is -1.39. The Kier molecular flexibility index (Phi) is 4.45. The van der Waals surface area contributed by atoms with Crippen LogP contribution in [0.1, 0.15) is 58.3 Å². The highest BCUT2D eigenvalue weighted by Crippen LogP contribution is 2.45. The maximum absolute atomic E-state index is 12.6. The molecular weight excluding hydrogens is 258 g/mol. The van der Waals surface area contributed by atoms with Gasteiger partial charge in [0, 0.05) is 13.0 Å². The first-order valence-corrected chi connectivity index (χ1v) is 7.58. The van der Waals surface area contributed by atoms with Crippen molar-refractivity contribution in [2.24, 2.45) is 11.3 Å². The van der Waals surface area contributed by atoms with Crippen molar-refractivity contribution in [1.82, 2.24) is 4.90 Å². The summed E-state index contributed by atoms with van der Waals surface area (Å²) < 4.78 is 0. The molecule has 2 aliphatic rings. The number of carboxylic acids is 1. The van der Waals surface area contributed by atoms with Gasteiger partial charge in [-0.2, -0.15) is 0 Å². The Bertz CT molecular complexity index is 412. The van der Waals surface area contributed by atoms with Gasteiger partial charge >= 0.3 is 5.97 Å². The number of amides is 2. The van der Waals surface area contributed by atoms with Crippen LogP contribution < -0.4 is 0 Å². The fourth-order valence-corrected chi connectivity index (χ4v) is 3.53. The zero-order valence-electron chi connectivity index (χ0n) is 12.1. The molecule has 20 heavy (non-hydrogen) atoms. The van der Waals surface area contributed by atoms with Gasteiger partial charge in [0.05, 0.1) is 11.3 Å². The molecule has 5 nitrogen and oxygen atoms in total. The van der Waals surface area contributed by atoms with Crippen LogP contribution >= 0.6 is 0 Å². The Morgan fingerprint density at radius 3 is 2.50 bits per heavy atom. The molecule has 0 radical (unpaired) electrons. The lowest BCUT2D eigenvalue weighted by molar-refractivity contribution is -0.147. The third-order valence-corrected chi connectivity index (χ3v) is 4.69. The van der Waals surface area contributed by atoms with Crippen molar-refractivity contribution >= 4 is 17.8 Å². The van der Waals surface area contributed by atoms with Crippen molar-refractivity contribution in [3.05, 3.63) is 0 Å². The van der Waals surface area contributed by atoms with Crippen molar-refractivity contribution in [2.75, 3.05) is 6.54 Å². The van der Waals surface area contributed by atoms with Gasteiger partial charge in [-0.3, -0.25) is 19.3 Å². The lowest BCUT2D eigenvalue weighted by Crippen LogP contribution is -2.41. The third-order valence-electron chi connectivity index (χ3n) is 4.69. The van der Waals surface area contributed by atoms with E-state index in [0.717, 1.165) is 38.5 Å². The lowest BCUT2D eigenvalue weighted by Gasteiger charge is -2.31. The Labute approximate surface area is 119 Å². The second kappa shape index (κ2) is 5.94. The molecule has 5 heteroatoms. The van der Waals surface area contributed by atoms with E-state index in [9.17, 15) is 19.5 Å². The Morgan fingerprint density at radius 2 is 1.95 bits per heavy atom. The average Bonchev–Trinajstić information content (AvgIpc) is 2.63. The number of carbonyl (C=O) groups is 3. The van der Waals surface area contributed by atoms with Crippen molar-refractivity contribution in [2.45, 2.75) is 58.3 Å². The summed E-state index contributed by atoms with van der Waals surface area (Å²) in [5, 5.41) is 9.19. The minimum absolute atomic E-state index is 0.0442. The first-order valence-electron chi connectivity index (χ1n) is 7.58. The summed E-state index contributed by atoms with van der Waals surface area (Å²) in [6.07, 6.45) is 6.17. The summed E-state index contributed by atoms with van der Waals surface area (Å²) in [6, 6.07) is 0.